The fraction of sp³-hybridized carbons (Fsp3) is 0.350. The molecular formula is C40H46N2O10. The number of ether oxygens (including phenoxy) is 2. The van der Waals surface area contributed by atoms with Crippen molar-refractivity contribution >= 4 is 34.6 Å². The van der Waals surface area contributed by atoms with Crippen molar-refractivity contribution in [3.05, 3.63) is 96.1 Å². The van der Waals surface area contributed by atoms with E-state index < -0.39 is 23.9 Å². The number of piperidine rings is 1. The Bertz CT molecular complexity index is 1720. The Hall–Kier alpha value is -5.46. The number of benzene rings is 4. The molecule has 0 bridgehead atoms. The van der Waals surface area contributed by atoms with Gasteiger partial charge in [0.15, 0.2) is 0 Å². The Morgan fingerprint density at radius 1 is 0.538 bits per heavy atom. The molecule has 0 spiro atoms. The molecule has 276 valence electrons. The summed E-state index contributed by atoms with van der Waals surface area (Å²) in [5.74, 6) is -5.39. The van der Waals surface area contributed by atoms with E-state index in [1.807, 2.05) is 0 Å². The van der Waals surface area contributed by atoms with Gasteiger partial charge in [0.1, 0.15) is 24.7 Å². The van der Waals surface area contributed by atoms with E-state index in [0.717, 1.165) is 44.2 Å². The number of aliphatic carboxylic acids is 4. The predicted molar refractivity (Wildman–Crippen MR) is 196 cm³/mol. The van der Waals surface area contributed by atoms with Crippen LogP contribution in [0.3, 0.4) is 0 Å². The first-order chi connectivity index (χ1) is 25.1. The molecule has 4 aromatic rings. The van der Waals surface area contributed by atoms with Crippen molar-refractivity contribution < 1.29 is 49.1 Å². The highest BCUT2D eigenvalue weighted by Crippen LogP contribution is 2.33. The molecule has 6 rings (SSSR count). The van der Waals surface area contributed by atoms with Crippen LogP contribution in [0.2, 0.25) is 0 Å². The van der Waals surface area contributed by atoms with E-state index in [1.54, 1.807) is 0 Å². The SMILES string of the molecule is O=C(O)C(=O)O.O=C(O)C(=O)O.c1ccc2c(Cc3ccc(OCCN4CCCCC4)cc3)c(-c3ccc(OCCN4CCCC4)cc3)ccc2c1. The molecule has 0 saturated carbocycles. The summed E-state index contributed by atoms with van der Waals surface area (Å²) in [6.45, 7) is 8.38. The lowest BCUT2D eigenvalue weighted by Gasteiger charge is -2.26. The highest BCUT2D eigenvalue weighted by molar-refractivity contribution is 6.27. The highest BCUT2D eigenvalue weighted by atomic mass is 16.5. The van der Waals surface area contributed by atoms with Gasteiger partial charge in [-0.05, 0) is 116 Å². The number of carboxylic acid groups (broad SMARTS) is 4. The van der Waals surface area contributed by atoms with Crippen molar-refractivity contribution in [2.24, 2.45) is 0 Å². The van der Waals surface area contributed by atoms with Gasteiger partial charge in [-0.2, -0.15) is 0 Å². The van der Waals surface area contributed by atoms with Crippen LogP contribution in [0.4, 0.5) is 0 Å². The van der Waals surface area contributed by atoms with Crippen molar-refractivity contribution in [1.29, 1.82) is 0 Å². The number of fused-ring (bicyclic) bond motifs is 1. The van der Waals surface area contributed by atoms with Crippen LogP contribution in [0.1, 0.15) is 43.2 Å². The summed E-state index contributed by atoms with van der Waals surface area (Å²) < 4.78 is 12.2. The zero-order chi connectivity index (χ0) is 37.3. The van der Waals surface area contributed by atoms with Gasteiger partial charge in [0.05, 0.1) is 0 Å². The number of likely N-dealkylation sites (tertiary alicyclic amines) is 2. The van der Waals surface area contributed by atoms with Crippen LogP contribution < -0.4 is 9.47 Å². The van der Waals surface area contributed by atoms with Gasteiger partial charge < -0.3 is 29.9 Å². The van der Waals surface area contributed by atoms with Gasteiger partial charge in [0, 0.05) is 13.1 Å². The normalized spacial score (nSPS) is 14.3. The second-order valence-electron chi connectivity index (χ2n) is 12.5. The van der Waals surface area contributed by atoms with Gasteiger partial charge in [0.2, 0.25) is 0 Å². The molecule has 4 aromatic carbocycles. The van der Waals surface area contributed by atoms with Crippen molar-refractivity contribution in [1.82, 2.24) is 9.80 Å². The molecule has 2 heterocycles. The zero-order valence-corrected chi connectivity index (χ0v) is 29.1. The van der Waals surface area contributed by atoms with E-state index in [0.29, 0.717) is 0 Å². The molecule has 2 aliphatic heterocycles. The Balaban J connectivity index is 0.000000436. The fourth-order valence-corrected chi connectivity index (χ4v) is 6.21. The molecule has 0 atom stereocenters. The molecule has 0 aliphatic carbocycles. The summed E-state index contributed by atoms with van der Waals surface area (Å²) in [5.41, 5.74) is 5.16. The molecule has 0 unspecified atom stereocenters. The Morgan fingerprint density at radius 2 is 1.00 bits per heavy atom. The number of hydrogen-bond acceptors (Lipinski definition) is 8. The fourth-order valence-electron chi connectivity index (χ4n) is 6.21. The summed E-state index contributed by atoms with van der Waals surface area (Å²) in [6, 6.07) is 30.6. The molecule has 0 radical (unpaired) electrons. The van der Waals surface area contributed by atoms with Crippen molar-refractivity contribution in [3.63, 3.8) is 0 Å². The average Bonchev–Trinajstić information content (AvgIpc) is 3.67. The summed E-state index contributed by atoms with van der Waals surface area (Å²) in [4.78, 5) is 41.4. The number of rotatable bonds is 11. The predicted octanol–water partition coefficient (Wildman–Crippen LogP) is 5.75. The monoisotopic (exact) mass is 714 g/mol. The molecule has 52 heavy (non-hydrogen) atoms. The number of carboxylic acids is 4. The first-order valence-electron chi connectivity index (χ1n) is 17.4. The summed E-state index contributed by atoms with van der Waals surface area (Å²) in [5, 5.41) is 32.2. The van der Waals surface area contributed by atoms with Gasteiger partial charge >= 0.3 is 23.9 Å². The Kier molecular flexibility index (Phi) is 15.4. The molecule has 0 aromatic heterocycles. The lowest BCUT2D eigenvalue weighted by atomic mass is 9.90. The lowest BCUT2D eigenvalue weighted by Crippen LogP contribution is -2.33. The number of hydrogen-bond donors (Lipinski definition) is 4. The van der Waals surface area contributed by atoms with E-state index in [1.165, 1.54) is 91.3 Å². The van der Waals surface area contributed by atoms with Crippen molar-refractivity contribution in [2.45, 2.75) is 38.5 Å². The Morgan fingerprint density at radius 3 is 1.50 bits per heavy atom. The zero-order valence-electron chi connectivity index (χ0n) is 29.1. The van der Waals surface area contributed by atoms with E-state index >= 15 is 0 Å². The largest absolute Gasteiger partial charge is 0.492 e. The van der Waals surface area contributed by atoms with Gasteiger partial charge in [-0.15, -0.1) is 0 Å². The minimum Gasteiger partial charge on any atom is -0.492 e. The number of carbonyl (C=O) groups is 4. The van der Waals surface area contributed by atoms with Crippen molar-refractivity contribution in [3.8, 4) is 22.6 Å². The third-order valence-corrected chi connectivity index (χ3v) is 8.88. The summed E-state index contributed by atoms with van der Waals surface area (Å²) >= 11 is 0. The Labute approximate surface area is 302 Å². The lowest BCUT2D eigenvalue weighted by molar-refractivity contribution is -0.159. The van der Waals surface area contributed by atoms with Crippen LogP contribution >= 0.6 is 0 Å². The standard InChI is InChI=1S/C36H42N2O2.2C2H2O4/c1-4-20-37(21-5-1)24-26-39-32-15-10-29(11-16-32)28-36-34-9-3-2-8-30(34)14-19-35(36)31-12-17-33(18-13-31)40-27-25-38-22-6-7-23-38;2*3-1(4)2(5)6/h2-3,8-19H,1,4-7,20-28H2;2*(H,3,4)(H,5,6). The topological polar surface area (TPSA) is 174 Å². The molecular weight excluding hydrogens is 668 g/mol. The maximum absolute atomic E-state index is 9.10. The van der Waals surface area contributed by atoms with Crippen LogP contribution in [-0.2, 0) is 25.6 Å². The van der Waals surface area contributed by atoms with Crippen molar-refractivity contribution in [2.75, 3.05) is 52.5 Å². The second kappa shape index (κ2) is 20.4. The average molecular weight is 715 g/mol. The van der Waals surface area contributed by atoms with Gasteiger partial charge in [-0.25, -0.2) is 19.2 Å². The van der Waals surface area contributed by atoms with Crippen LogP contribution in [0.15, 0.2) is 84.9 Å². The second-order valence-corrected chi connectivity index (χ2v) is 12.5. The molecule has 12 heteroatoms. The van der Waals surface area contributed by atoms with Crippen LogP contribution in [0.5, 0.6) is 11.5 Å². The quantitative estimate of drug-likeness (QED) is 0.139. The van der Waals surface area contributed by atoms with E-state index in [2.05, 4.69) is 94.7 Å². The molecule has 2 aliphatic rings. The molecule has 0 amide bonds. The van der Waals surface area contributed by atoms with E-state index in [4.69, 9.17) is 49.1 Å². The third-order valence-electron chi connectivity index (χ3n) is 8.88. The van der Waals surface area contributed by atoms with Crippen LogP contribution in [-0.4, -0.2) is 107 Å². The first kappa shape index (κ1) is 39.3. The van der Waals surface area contributed by atoms with Crippen LogP contribution in [0.25, 0.3) is 21.9 Å². The van der Waals surface area contributed by atoms with Crippen LogP contribution in [0, 0.1) is 0 Å². The molecule has 2 saturated heterocycles. The first-order valence-corrected chi connectivity index (χ1v) is 17.4. The third kappa shape index (κ3) is 12.7. The maximum atomic E-state index is 9.10. The number of nitrogens with zero attached hydrogens (tertiary/aromatic N) is 2. The van der Waals surface area contributed by atoms with Gasteiger partial charge in [-0.3, -0.25) is 9.80 Å². The maximum Gasteiger partial charge on any atom is 0.414 e. The molecule has 12 nitrogen and oxygen atoms in total. The summed E-state index contributed by atoms with van der Waals surface area (Å²) in [6.07, 6.45) is 7.52. The molecule has 2 fully saturated rings. The molecule has 4 N–H and O–H groups in total. The highest BCUT2D eigenvalue weighted by Gasteiger charge is 2.14. The van der Waals surface area contributed by atoms with E-state index in [-0.39, 0.29) is 0 Å². The smallest absolute Gasteiger partial charge is 0.414 e. The van der Waals surface area contributed by atoms with E-state index in [9.17, 15) is 0 Å². The van der Waals surface area contributed by atoms with Gasteiger partial charge in [0.25, 0.3) is 0 Å². The minimum absolute atomic E-state index is 0.749. The minimum atomic E-state index is -1.82. The van der Waals surface area contributed by atoms with Gasteiger partial charge in [-0.1, -0.05) is 67.1 Å². The summed E-state index contributed by atoms with van der Waals surface area (Å²) in [7, 11) is 0.